The van der Waals surface area contributed by atoms with Gasteiger partial charge in [-0.3, -0.25) is 4.57 Å². The lowest BCUT2D eigenvalue weighted by molar-refractivity contribution is -0.0421. The summed E-state index contributed by atoms with van der Waals surface area (Å²) in [5, 5.41) is 33.1. The molecule has 0 radical (unpaired) electrons. The number of likely N-dealkylation sites (N-methyl/N-ethyl adjacent to an activating group) is 1. The van der Waals surface area contributed by atoms with Crippen molar-refractivity contribution in [3.63, 3.8) is 0 Å². The first-order valence-corrected chi connectivity index (χ1v) is 8.89. The number of nitrogens with two attached hydrogens (primary N) is 1. The van der Waals surface area contributed by atoms with E-state index in [1.54, 1.807) is 4.57 Å². The fourth-order valence-corrected chi connectivity index (χ4v) is 3.13. The number of fused-ring (bicyclic) bond motifs is 1. The smallest absolute Gasteiger partial charge is 0.167 e. The minimum atomic E-state index is -1.12. The number of ether oxygens (including phenoxy) is 1. The standard InChI is InChI=1S/C16H27N7O4/c1-9(6-24)18-3-4-22(2)5-10-12(25)13(26)16(27-10)23-8-21-11-14(17)19-7-20-15(11)23/h7-10,12-13,16,18,24-26H,3-6H2,1-2H3,(H2,17,19,20)/t9?,10-,12-,13-,16-/m1/s1. The monoisotopic (exact) mass is 381 g/mol. The normalized spacial score (nSPS) is 26.9. The second-order valence-electron chi connectivity index (χ2n) is 6.93. The van der Waals surface area contributed by atoms with Gasteiger partial charge in [-0.15, -0.1) is 0 Å². The van der Waals surface area contributed by atoms with Gasteiger partial charge in [0.25, 0.3) is 0 Å². The van der Waals surface area contributed by atoms with Crippen molar-refractivity contribution in [1.82, 2.24) is 29.7 Å². The van der Waals surface area contributed by atoms with E-state index in [4.69, 9.17) is 15.6 Å². The first kappa shape index (κ1) is 19.9. The summed E-state index contributed by atoms with van der Waals surface area (Å²) in [6.07, 6.45) is -0.753. The molecule has 2 aromatic rings. The summed E-state index contributed by atoms with van der Waals surface area (Å²) in [6, 6.07) is 0.0295. The maximum atomic E-state index is 10.5. The van der Waals surface area contributed by atoms with Crippen molar-refractivity contribution < 1.29 is 20.1 Å². The number of imidazole rings is 1. The highest BCUT2D eigenvalue weighted by Gasteiger charge is 2.44. The van der Waals surface area contributed by atoms with Gasteiger partial charge >= 0.3 is 0 Å². The predicted octanol–water partition coefficient (Wildman–Crippen LogP) is -2.07. The Labute approximate surface area is 156 Å². The van der Waals surface area contributed by atoms with Crippen LogP contribution in [0.15, 0.2) is 12.7 Å². The molecule has 3 heterocycles. The van der Waals surface area contributed by atoms with Gasteiger partial charge in [0.1, 0.15) is 30.2 Å². The van der Waals surface area contributed by atoms with Gasteiger partial charge in [0.05, 0.1) is 12.9 Å². The van der Waals surface area contributed by atoms with Crippen LogP contribution in [0.1, 0.15) is 13.2 Å². The molecule has 3 rings (SSSR count). The van der Waals surface area contributed by atoms with Gasteiger partial charge in [-0.25, -0.2) is 15.0 Å². The van der Waals surface area contributed by atoms with Crippen LogP contribution in [0.25, 0.3) is 11.2 Å². The quantitative estimate of drug-likeness (QED) is 0.344. The number of hydrogen-bond donors (Lipinski definition) is 5. The molecule has 1 aliphatic rings. The molecular formula is C16H27N7O4. The average molecular weight is 381 g/mol. The lowest BCUT2D eigenvalue weighted by Gasteiger charge is -2.23. The highest BCUT2D eigenvalue weighted by molar-refractivity contribution is 5.81. The SMILES string of the molecule is CC(CO)NCCN(C)C[C@H]1O[C@@H](n2cnc3c(N)ncnc32)[C@H](O)[C@@H]1O. The number of rotatable bonds is 8. The largest absolute Gasteiger partial charge is 0.395 e. The van der Waals surface area contributed by atoms with E-state index in [2.05, 4.69) is 20.3 Å². The van der Waals surface area contributed by atoms with Crippen molar-refractivity contribution in [3.8, 4) is 0 Å². The fraction of sp³-hybridized carbons (Fsp3) is 0.688. The van der Waals surface area contributed by atoms with Gasteiger partial charge in [-0.1, -0.05) is 0 Å². The predicted molar refractivity (Wildman–Crippen MR) is 97.7 cm³/mol. The number of aromatic nitrogens is 4. The van der Waals surface area contributed by atoms with Crippen molar-refractivity contribution in [2.45, 2.75) is 37.5 Å². The van der Waals surface area contributed by atoms with Crippen molar-refractivity contribution in [1.29, 1.82) is 0 Å². The molecule has 11 heteroatoms. The minimum absolute atomic E-state index is 0.0295. The zero-order valence-corrected chi connectivity index (χ0v) is 15.4. The summed E-state index contributed by atoms with van der Waals surface area (Å²) in [7, 11) is 1.90. The molecule has 0 bridgehead atoms. The molecule has 2 aromatic heterocycles. The van der Waals surface area contributed by atoms with Gasteiger partial charge < -0.3 is 36.0 Å². The topological polar surface area (TPSA) is 155 Å². The summed E-state index contributed by atoms with van der Waals surface area (Å²) in [4.78, 5) is 14.2. The second kappa shape index (κ2) is 8.42. The number of anilines is 1. The Kier molecular flexibility index (Phi) is 6.19. The van der Waals surface area contributed by atoms with Crippen molar-refractivity contribution in [2.75, 3.05) is 39.0 Å². The van der Waals surface area contributed by atoms with Crippen LogP contribution in [-0.2, 0) is 4.74 Å². The number of aliphatic hydroxyl groups excluding tert-OH is 3. The van der Waals surface area contributed by atoms with E-state index in [0.29, 0.717) is 30.8 Å². The van der Waals surface area contributed by atoms with E-state index in [1.807, 2.05) is 18.9 Å². The Morgan fingerprint density at radius 2 is 2.11 bits per heavy atom. The van der Waals surface area contributed by atoms with E-state index in [1.165, 1.54) is 12.7 Å². The molecule has 150 valence electrons. The molecule has 0 spiro atoms. The van der Waals surface area contributed by atoms with Crippen LogP contribution >= 0.6 is 0 Å². The molecule has 1 aliphatic heterocycles. The molecular weight excluding hydrogens is 354 g/mol. The van der Waals surface area contributed by atoms with Gasteiger partial charge in [0.2, 0.25) is 0 Å². The summed E-state index contributed by atoms with van der Waals surface area (Å²) in [5.74, 6) is 0.243. The first-order valence-electron chi connectivity index (χ1n) is 8.89. The van der Waals surface area contributed by atoms with Gasteiger partial charge in [0.15, 0.2) is 17.7 Å². The van der Waals surface area contributed by atoms with E-state index >= 15 is 0 Å². The molecule has 0 aromatic carbocycles. The lowest BCUT2D eigenvalue weighted by Crippen LogP contribution is -2.42. The van der Waals surface area contributed by atoms with E-state index < -0.39 is 24.5 Å². The van der Waals surface area contributed by atoms with Crippen LogP contribution in [0, 0.1) is 0 Å². The highest BCUT2D eigenvalue weighted by Crippen LogP contribution is 2.32. The molecule has 1 fully saturated rings. The fourth-order valence-electron chi connectivity index (χ4n) is 3.13. The Morgan fingerprint density at radius 3 is 2.85 bits per heavy atom. The second-order valence-corrected chi connectivity index (χ2v) is 6.93. The molecule has 1 unspecified atom stereocenters. The van der Waals surface area contributed by atoms with Crippen LogP contribution in [0.5, 0.6) is 0 Å². The molecule has 11 nitrogen and oxygen atoms in total. The molecule has 0 aliphatic carbocycles. The van der Waals surface area contributed by atoms with Crippen molar-refractivity contribution >= 4 is 17.0 Å². The number of hydrogen-bond acceptors (Lipinski definition) is 10. The summed E-state index contributed by atoms with van der Waals surface area (Å²) < 4.78 is 7.48. The number of aliphatic hydroxyl groups is 3. The Bertz CT molecular complexity index is 757. The summed E-state index contributed by atoms with van der Waals surface area (Å²) in [6.45, 7) is 3.81. The van der Waals surface area contributed by atoms with Gasteiger partial charge in [-0.2, -0.15) is 0 Å². The average Bonchev–Trinajstić information content (AvgIpc) is 3.19. The zero-order valence-electron chi connectivity index (χ0n) is 15.4. The van der Waals surface area contributed by atoms with Crippen LogP contribution in [0.3, 0.4) is 0 Å². The maximum absolute atomic E-state index is 10.5. The van der Waals surface area contributed by atoms with E-state index in [-0.39, 0.29) is 18.5 Å². The summed E-state index contributed by atoms with van der Waals surface area (Å²) >= 11 is 0. The van der Waals surface area contributed by atoms with E-state index in [0.717, 1.165) is 0 Å². The van der Waals surface area contributed by atoms with Gasteiger partial charge in [0, 0.05) is 25.7 Å². The number of nitrogen functional groups attached to an aromatic ring is 1. The zero-order chi connectivity index (χ0) is 19.6. The Hall–Kier alpha value is -1.89. The minimum Gasteiger partial charge on any atom is -0.395 e. The molecule has 1 saturated heterocycles. The first-order chi connectivity index (χ1) is 12.9. The summed E-state index contributed by atoms with van der Waals surface area (Å²) in [5.41, 5.74) is 6.66. The number of nitrogens with zero attached hydrogens (tertiary/aromatic N) is 5. The third-order valence-corrected chi connectivity index (χ3v) is 4.75. The van der Waals surface area contributed by atoms with Crippen molar-refractivity contribution in [2.24, 2.45) is 0 Å². The number of nitrogens with one attached hydrogen (secondary N) is 1. The van der Waals surface area contributed by atoms with Crippen LogP contribution < -0.4 is 11.1 Å². The molecule has 0 amide bonds. The molecule has 5 atom stereocenters. The van der Waals surface area contributed by atoms with Gasteiger partial charge in [-0.05, 0) is 14.0 Å². The van der Waals surface area contributed by atoms with Crippen LogP contribution in [0.2, 0.25) is 0 Å². The third-order valence-electron chi connectivity index (χ3n) is 4.75. The molecule has 0 saturated carbocycles. The van der Waals surface area contributed by atoms with Crippen LogP contribution in [0.4, 0.5) is 5.82 Å². The molecule has 6 N–H and O–H groups in total. The van der Waals surface area contributed by atoms with Crippen LogP contribution in [-0.4, -0.2) is 97.4 Å². The lowest BCUT2D eigenvalue weighted by atomic mass is 10.1. The van der Waals surface area contributed by atoms with E-state index in [9.17, 15) is 10.2 Å². The molecule has 27 heavy (non-hydrogen) atoms. The Balaban J connectivity index is 1.64. The van der Waals surface area contributed by atoms with Crippen molar-refractivity contribution in [3.05, 3.63) is 12.7 Å². The highest BCUT2D eigenvalue weighted by atomic mass is 16.6. The third kappa shape index (κ3) is 4.18. The maximum Gasteiger partial charge on any atom is 0.167 e. The Morgan fingerprint density at radius 1 is 1.33 bits per heavy atom.